The number of anilines is 1. The molecule has 0 amide bonds. The fourth-order valence-corrected chi connectivity index (χ4v) is 2.94. The average molecular weight is 272 g/mol. The molecule has 1 aromatic carbocycles. The number of para-hydroxylation sites is 1. The smallest absolute Gasteiger partial charge is 0.145 e. The molecular weight excluding hydrogens is 252 g/mol. The number of pyridine rings is 1. The second-order valence-corrected chi connectivity index (χ2v) is 5.23. The number of fused-ring (bicyclic) bond motifs is 1. The summed E-state index contributed by atoms with van der Waals surface area (Å²) in [6, 6.07) is 8.52. The number of methoxy groups -OCH3 is 2. The van der Waals surface area contributed by atoms with Gasteiger partial charge >= 0.3 is 0 Å². The number of benzene rings is 1. The van der Waals surface area contributed by atoms with Crippen molar-refractivity contribution in [3.63, 3.8) is 0 Å². The first-order valence-electron chi connectivity index (χ1n) is 7.03. The topological polar surface area (TPSA) is 43.4 Å². The van der Waals surface area contributed by atoms with E-state index in [9.17, 15) is 0 Å². The molecule has 1 saturated carbocycles. The summed E-state index contributed by atoms with van der Waals surface area (Å²) in [6.45, 7) is 0. The Morgan fingerprint density at radius 2 is 2.10 bits per heavy atom. The first-order chi connectivity index (χ1) is 9.81. The SMILES string of the molecule is COc1cccc2c(NC3CCC(OC)C3)ccnc12. The van der Waals surface area contributed by atoms with Crippen molar-refractivity contribution in [2.75, 3.05) is 19.5 Å². The lowest BCUT2D eigenvalue weighted by atomic mass is 10.1. The highest BCUT2D eigenvalue weighted by molar-refractivity contribution is 5.94. The summed E-state index contributed by atoms with van der Waals surface area (Å²) in [7, 11) is 3.47. The first kappa shape index (κ1) is 13.2. The Kier molecular flexibility index (Phi) is 3.74. The van der Waals surface area contributed by atoms with Gasteiger partial charge in [0.25, 0.3) is 0 Å². The second kappa shape index (κ2) is 5.67. The zero-order valence-corrected chi connectivity index (χ0v) is 11.9. The minimum atomic E-state index is 0.384. The third-order valence-corrected chi connectivity index (χ3v) is 4.03. The number of aromatic nitrogens is 1. The first-order valence-corrected chi connectivity index (χ1v) is 7.03. The van der Waals surface area contributed by atoms with E-state index in [4.69, 9.17) is 9.47 Å². The maximum absolute atomic E-state index is 5.43. The van der Waals surface area contributed by atoms with Gasteiger partial charge in [0.1, 0.15) is 11.3 Å². The third kappa shape index (κ3) is 2.43. The minimum absolute atomic E-state index is 0.384. The van der Waals surface area contributed by atoms with Crippen LogP contribution in [0.5, 0.6) is 5.75 Å². The van der Waals surface area contributed by atoms with Crippen LogP contribution in [0, 0.1) is 0 Å². The highest BCUT2D eigenvalue weighted by atomic mass is 16.5. The number of rotatable bonds is 4. The van der Waals surface area contributed by atoms with E-state index in [0.29, 0.717) is 12.1 Å². The zero-order chi connectivity index (χ0) is 13.9. The highest BCUT2D eigenvalue weighted by Gasteiger charge is 2.24. The summed E-state index contributed by atoms with van der Waals surface area (Å²) >= 11 is 0. The van der Waals surface area contributed by atoms with Crippen LogP contribution in [-0.4, -0.2) is 31.3 Å². The number of hydrogen-bond donors (Lipinski definition) is 1. The molecule has 1 fully saturated rings. The van der Waals surface area contributed by atoms with Gasteiger partial charge in [0.15, 0.2) is 0 Å². The summed E-state index contributed by atoms with van der Waals surface area (Å²) < 4.78 is 10.8. The molecule has 0 spiro atoms. The predicted molar refractivity (Wildman–Crippen MR) is 80.4 cm³/mol. The molecule has 20 heavy (non-hydrogen) atoms. The van der Waals surface area contributed by atoms with Crippen LogP contribution in [-0.2, 0) is 4.74 Å². The standard InChI is InChI=1S/C16H20N2O2/c1-19-12-7-6-11(10-12)18-14-8-9-17-16-13(14)4-3-5-15(16)20-2/h3-5,8-9,11-12H,6-7,10H2,1-2H3,(H,17,18). The molecule has 1 aromatic heterocycles. The van der Waals surface area contributed by atoms with Crippen LogP contribution in [0.4, 0.5) is 5.69 Å². The fourth-order valence-electron chi connectivity index (χ4n) is 2.94. The third-order valence-electron chi connectivity index (χ3n) is 4.03. The molecule has 0 radical (unpaired) electrons. The van der Waals surface area contributed by atoms with E-state index in [1.165, 1.54) is 0 Å². The van der Waals surface area contributed by atoms with Gasteiger partial charge in [0.2, 0.25) is 0 Å². The van der Waals surface area contributed by atoms with E-state index in [1.807, 2.05) is 24.4 Å². The summed E-state index contributed by atoms with van der Waals surface area (Å²) in [5, 5.41) is 4.73. The molecule has 0 aliphatic heterocycles. The molecule has 1 N–H and O–H groups in total. The lowest BCUT2D eigenvalue weighted by molar-refractivity contribution is 0.108. The highest BCUT2D eigenvalue weighted by Crippen LogP contribution is 2.31. The normalized spacial score (nSPS) is 22.1. The minimum Gasteiger partial charge on any atom is -0.494 e. The predicted octanol–water partition coefficient (Wildman–Crippen LogP) is 3.22. The molecule has 2 aromatic rings. The summed E-state index contributed by atoms with van der Waals surface area (Å²) in [4.78, 5) is 4.43. The van der Waals surface area contributed by atoms with Crippen LogP contribution in [0.15, 0.2) is 30.5 Å². The monoisotopic (exact) mass is 272 g/mol. The second-order valence-electron chi connectivity index (χ2n) is 5.23. The van der Waals surface area contributed by atoms with Gasteiger partial charge in [-0.3, -0.25) is 4.98 Å². The van der Waals surface area contributed by atoms with Gasteiger partial charge in [-0.1, -0.05) is 12.1 Å². The van der Waals surface area contributed by atoms with Crippen molar-refractivity contribution in [3.8, 4) is 5.75 Å². The lowest BCUT2D eigenvalue weighted by Gasteiger charge is -2.16. The van der Waals surface area contributed by atoms with Crippen molar-refractivity contribution in [3.05, 3.63) is 30.5 Å². The zero-order valence-electron chi connectivity index (χ0n) is 11.9. The largest absolute Gasteiger partial charge is 0.494 e. The molecule has 3 rings (SSSR count). The Labute approximate surface area is 119 Å². The van der Waals surface area contributed by atoms with Crippen LogP contribution in [0.1, 0.15) is 19.3 Å². The van der Waals surface area contributed by atoms with E-state index in [0.717, 1.165) is 41.6 Å². The maximum Gasteiger partial charge on any atom is 0.145 e. The van der Waals surface area contributed by atoms with Crippen LogP contribution in [0.3, 0.4) is 0 Å². The quantitative estimate of drug-likeness (QED) is 0.928. The Hall–Kier alpha value is -1.81. The Morgan fingerprint density at radius 1 is 1.20 bits per heavy atom. The van der Waals surface area contributed by atoms with Gasteiger partial charge in [0.05, 0.1) is 13.2 Å². The van der Waals surface area contributed by atoms with E-state index >= 15 is 0 Å². The molecule has 2 atom stereocenters. The molecule has 0 saturated heterocycles. The van der Waals surface area contributed by atoms with Crippen molar-refractivity contribution in [1.29, 1.82) is 0 Å². The van der Waals surface area contributed by atoms with E-state index in [-0.39, 0.29) is 0 Å². The summed E-state index contributed by atoms with van der Waals surface area (Å²) in [5.41, 5.74) is 2.02. The Morgan fingerprint density at radius 3 is 2.85 bits per heavy atom. The van der Waals surface area contributed by atoms with Crippen molar-refractivity contribution < 1.29 is 9.47 Å². The van der Waals surface area contributed by atoms with E-state index in [1.54, 1.807) is 14.2 Å². The van der Waals surface area contributed by atoms with Crippen molar-refractivity contribution in [2.45, 2.75) is 31.4 Å². The summed E-state index contributed by atoms with van der Waals surface area (Å²) in [6.07, 6.45) is 5.54. The van der Waals surface area contributed by atoms with Gasteiger partial charge in [-0.05, 0) is 31.4 Å². The number of nitrogens with zero attached hydrogens (tertiary/aromatic N) is 1. The van der Waals surface area contributed by atoms with Gasteiger partial charge < -0.3 is 14.8 Å². The van der Waals surface area contributed by atoms with Crippen LogP contribution < -0.4 is 10.1 Å². The molecular formula is C16H20N2O2. The molecule has 1 aliphatic rings. The van der Waals surface area contributed by atoms with Crippen LogP contribution in [0.2, 0.25) is 0 Å². The molecule has 4 heteroatoms. The number of hydrogen-bond acceptors (Lipinski definition) is 4. The van der Waals surface area contributed by atoms with Gasteiger partial charge in [-0.25, -0.2) is 0 Å². The van der Waals surface area contributed by atoms with Gasteiger partial charge in [-0.2, -0.15) is 0 Å². The van der Waals surface area contributed by atoms with Crippen LogP contribution >= 0.6 is 0 Å². The maximum atomic E-state index is 5.43. The lowest BCUT2D eigenvalue weighted by Crippen LogP contribution is -2.17. The molecule has 4 nitrogen and oxygen atoms in total. The van der Waals surface area contributed by atoms with Gasteiger partial charge in [-0.15, -0.1) is 0 Å². The van der Waals surface area contributed by atoms with Crippen molar-refractivity contribution in [2.24, 2.45) is 0 Å². The van der Waals surface area contributed by atoms with E-state index in [2.05, 4.69) is 16.4 Å². The molecule has 1 aliphatic carbocycles. The Bertz CT molecular complexity index is 600. The number of ether oxygens (including phenoxy) is 2. The molecule has 106 valence electrons. The molecule has 1 heterocycles. The van der Waals surface area contributed by atoms with Crippen molar-refractivity contribution >= 4 is 16.6 Å². The molecule has 2 unspecified atom stereocenters. The fraction of sp³-hybridized carbons (Fsp3) is 0.438. The van der Waals surface area contributed by atoms with Crippen LogP contribution in [0.25, 0.3) is 10.9 Å². The molecule has 0 bridgehead atoms. The van der Waals surface area contributed by atoms with Gasteiger partial charge in [0, 0.05) is 30.4 Å². The summed E-state index contributed by atoms with van der Waals surface area (Å²) in [5.74, 6) is 0.812. The van der Waals surface area contributed by atoms with E-state index < -0.39 is 0 Å². The van der Waals surface area contributed by atoms with Crippen molar-refractivity contribution in [1.82, 2.24) is 4.98 Å². The Balaban J connectivity index is 1.88. The number of nitrogens with one attached hydrogen (secondary N) is 1. The average Bonchev–Trinajstić information content (AvgIpc) is 2.95.